The summed E-state index contributed by atoms with van der Waals surface area (Å²) in [6.45, 7) is 2.91. The first kappa shape index (κ1) is 11.5. The maximum Gasteiger partial charge on any atom is 0.339 e. The van der Waals surface area contributed by atoms with E-state index in [-0.39, 0.29) is 5.97 Å². The van der Waals surface area contributed by atoms with Gasteiger partial charge in [0.1, 0.15) is 6.29 Å². The molecule has 0 saturated carbocycles. The standard InChI is InChI=1S/C11H15NO3/c1-2-15-11(14)10-5-7-12(9-10)6-3-4-8-13/h5,7-9H,2-4,6H2,1H3. The van der Waals surface area contributed by atoms with Gasteiger partial charge in [0, 0.05) is 25.4 Å². The van der Waals surface area contributed by atoms with Crippen LogP contribution in [0, 0.1) is 0 Å². The van der Waals surface area contributed by atoms with E-state index in [0.717, 1.165) is 19.3 Å². The summed E-state index contributed by atoms with van der Waals surface area (Å²) in [5.41, 5.74) is 0.558. The van der Waals surface area contributed by atoms with Crippen molar-refractivity contribution >= 4 is 12.3 Å². The van der Waals surface area contributed by atoms with Crippen molar-refractivity contribution in [2.24, 2.45) is 0 Å². The van der Waals surface area contributed by atoms with Crippen LogP contribution in [0.15, 0.2) is 18.5 Å². The number of carbonyl (C=O) groups is 2. The van der Waals surface area contributed by atoms with Gasteiger partial charge in [-0.15, -0.1) is 0 Å². The monoisotopic (exact) mass is 209 g/mol. The molecule has 0 fully saturated rings. The summed E-state index contributed by atoms with van der Waals surface area (Å²) in [6, 6.07) is 1.72. The fraction of sp³-hybridized carbons (Fsp3) is 0.455. The molecule has 0 aliphatic carbocycles. The van der Waals surface area contributed by atoms with Crippen LogP contribution in [0.25, 0.3) is 0 Å². The summed E-state index contributed by atoms with van der Waals surface area (Å²) >= 11 is 0. The van der Waals surface area contributed by atoms with Gasteiger partial charge >= 0.3 is 5.97 Å². The summed E-state index contributed by atoms with van der Waals surface area (Å²) in [5, 5.41) is 0. The van der Waals surface area contributed by atoms with Gasteiger partial charge in [-0.3, -0.25) is 0 Å². The van der Waals surface area contributed by atoms with E-state index in [2.05, 4.69) is 0 Å². The van der Waals surface area contributed by atoms with Gasteiger partial charge in [0.25, 0.3) is 0 Å². The van der Waals surface area contributed by atoms with Crippen LogP contribution in [0.3, 0.4) is 0 Å². The molecule has 0 atom stereocenters. The highest BCUT2D eigenvalue weighted by molar-refractivity contribution is 5.89. The topological polar surface area (TPSA) is 48.3 Å². The Morgan fingerprint density at radius 3 is 3.07 bits per heavy atom. The lowest BCUT2D eigenvalue weighted by Gasteiger charge is -1.99. The number of aryl methyl sites for hydroxylation is 1. The van der Waals surface area contributed by atoms with E-state index in [0.29, 0.717) is 18.6 Å². The smallest absolute Gasteiger partial charge is 0.339 e. The van der Waals surface area contributed by atoms with Crippen LogP contribution in [0.4, 0.5) is 0 Å². The minimum Gasteiger partial charge on any atom is -0.462 e. The molecule has 82 valence electrons. The van der Waals surface area contributed by atoms with E-state index in [1.807, 2.05) is 10.8 Å². The van der Waals surface area contributed by atoms with Gasteiger partial charge < -0.3 is 14.1 Å². The Kier molecular flexibility index (Phi) is 4.60. The minimum absolute atomic E-state index is 0.299. The zero-order valence-electron chi connectivity index (χ0n) is 8.81. The second kappa shape index (κ2) is 6.01. The molecule has 0 aliphatic rings. The minimum atomic E-state index is -0.299. The Labute approximate surface area is 88.8 Å². The molecule has 0 radical (unpaired) electrons. The Bertz CT molecular complexity index is 330. The largest absolute Gasteiger partial charge is 0.462 e. The maximum atomic E-state index is 11.3. The molecule has 0 N–H and O–H groups in total. The molecule has 0 saturated heterocycles. The van der Waals surface area contributed by atoms with Crippen molar-refractivity contribution in [1.29, 1.82) is 0 Å². The van der Waals surface area contributed by atoms with Crippen molar-refractivity contribution in [3.63, 3.8) is 0 Å². The molecule has 4 heteroatoms. The number of carbonyl (C=O) groups excluding carboxylic acids is 2. The average Bonchev–Trinajstić information content (AvgIpc) is 2.67. The molecule has 1 rings (SSSR count). The lowest BCUT2D eigenvalue weighted by atomic mass is 10.3. The lowest BCUT2D eigenvalue weighted by molar-refractivity contribution is -0.107. The molecular formula is C11H15NO3. The van der Waals surface area contributed by atoms with Crippen LogP contribution in [0.5, 0.6) is 0 Å². The summed E-state index contributed by atoms with van der Waals surface area (Å²) in [4.78, 5) is 21.4. The molecule has 1 heterocycles. The first-order valence-corrected chi connectivity index (χ1v) is 5.04. The SMILES string of the molecule is CCOC(=O)c1ccn(CCCC=O)c1. The summed E-state index contributed by atoms with van der Waals surface area (Å²) in [5.74, 6) is -0.299. The molecule has 1 aromatic rings. The normalized spacial score (nSPS) is 9.93. The van der Waals surface area contributed by atoms with Crippen molar-refractivity contribution in [1.82, 2.24) is 4.57 Å². The molecule has 1 aromatic heterocycles. The Balaban J connectivity index is 2.48. The molecule has 0 amide bonds. The fourth-order valence-electron chi connectivity index (χ4n) is 1.27. The van der Waals surface area contributed by atoms with Crippen LogP contribution >= 0.6 is 0 Å². The number of nitrogens with zero attached hydrogens (tertiary/aromatic N) is 1. The molecule has 4 nitrogen and oxygen atoms in total. The van der Waals surface area contributed by atoms with E-state index < -0.39 is 0 Å². The van der Waals surface area contributed by atoms with Crippen molar-refractivity contribution in [2.45, 2.75) is 26.3 Å². The van der Waals surface area contributed by atoms with Gasteiger partial charge in [0.15, 0.2) is 0 Å². The van der Waals surface area contributed by atoms with Crippen LogP contribution in [-0.2, 0) is 16.1 Å². The Morgan fingerprint density at radius 1 is 1.60 bits per heavy atom. The second-order valence-electron chi connectivity index (χ2n) is 3.17. The average molecular weight is 209 g/mol. The molecule has 15 heavy (non-hydrogen) atoms. The van der Waals surface area contributed by atoms with E-state index in [4.69, 9.17) is 4.74 Å². The molecule has 0 unspecified atom stereocenters. The van der Waals surface area contributed by atoms with E-state index in [9.17, 15) is 9.59 Å². The molecular weight excluding hydrogens is 194 g/mol. The van der Waals surface area contributed by atoms with E-state index >= 15 is 0 Å². The van der Waals surface area contributed by atoms with Crippen molar-refractivity contribution < 1.29 is 14.3 Å². The van der Waals surface area contributed by atoms with Crippen LogP contribution in [-0.4, -0.2) is 23.4 Å². The quantitative estimate of drug-likeness (QED) is 0.406. The van der Waals surface area contributed by atoms with E-state index in [1.54, 1.807) is 19.2 Å². The first-order valence-electron chi connectivity index (χ1n) is 5.04. The second-order valence-corrected chi connectivity index (χ2v) is 3.17. The molecule has 0 aliphatic heterocycles. The molecule has 0 aromatic carbocycles. The van der Waals surface area contributed by atoms with Gasteiger partial charge in [-0.1, -0.05) is 0 Å². The Hall–Kier alpha value is -1.58. The predicted molar refractivity (Wildman–Crippen MR) is 55.7 cm³/mol. The van der Waals surface area contributed by atoms with Gasteiger partial charge in [-0.25, -0.2) is 4.79 Å². The number of aromatic nitrogens is 1. The summed E-state index contributed by atoms with van der Waals surface area (Å²) in [6.07, 6.45) is 5.79. The van der Waals surface area contributed by atoms with Gasteiger partial charge in [-0.2, -0.15) is 0 Å². The highest BCUT2D eigenvalue weighted by Gasteiger charge is 2.07. The van der Waals surface area contributed by atoms with Crippen molar-refractivity contribution in [2.75, 3.05) is 6.61 Å². The van der Waals surface area contributed by atoms with Crippen LogP contribution < -0.4 is 0 Å². The Morgan fingerprint density at radius 2 is 2.40 bits per heavy atom. The first-order chi connectivity index (χ1) is 7.27. The fourth-order valence-corrected chi connectivity index (χ4v) is 1.27. The predicted octanol–water partition coefficient (Wildman–Crippen LogP) is 1.64. The number of aldehydes is 1. The summed E-state index contributed by atoms with van der Waals surface area (Å²) in [7, 11) is 0. The number of hydrogen-bond donors (Lipinski definition) is 0. The molecule has 0 bridgehead atoms. The van der Waals surface area contributed by atoms with Gasteiger partial charge in [0.2, 0.25) is 0 Å². The van der Waals surface area contributed by atoms with Crippen LogP contribution in [0.2, 0.25) is 0 Å². The van der Waals surface area contributed by atoms with E-state index in [1.165, 1.54) is 0 Å². The number of rotatable bonds is 6. The zero-order valence-corrected chi connectivity index (χ0v) is 8.81. The third kappa shape index (κ3) is 3.58. The highest BCUT2D eigenvalue weighted by Crippen LogP contribution is 2.04. The maximum absolute atomic E-state index is 11.3. The van der Waals surface area contributed by atoms with Crippen molar-refractivity contribution in [3.8, 4) is 0 Å². The number of hydrogen-bond acceptors (Lipinski definition) is 3. The van der Waals surface area contributed by atoms with Gasteiger partial charge in [-0.05, 0) is 19.4 Å². The van der Waals surface area contributed by atoms with Crippen molar-refractivity contribution in [3.05, 3.63) is 24.0 Å². The highest BCUT2D eigenvalue weighted by atomic mass is 16.5. The lowest BCUT2D eigenvalue weighted by Crippen LogP contribution is -2.03. The molecule has 0 spiro atoms. The zero-order chi connectivity index (χ0) is 11.1. The number of esters is 1. The van der Waals surface area contributed by atoms with Gasteiger partial charge in [0.05, 0.1) is 12.2 Å². The third-order valence-electron chi connectivity index (χ3n) is 2.00. The summed E-state index contributed by atoms with van der Waals surface area (Å²) < 4.78 is 6.74. The third-order valence-corrected chi connectivity index (χ3v) is 2.00. The number of ether oxygens (including phenoxy) is 1. The number of unbranched alkanes of at least 4 members (excludes halogenated alkanes) is 1. The van der Waals surface area contributed by atoms with Crippen LogP contribution in [0.1, 0.15) is 30.1 Å².